The Morgan fingerprint density at radius 1 is 1.26 bits per heavy atom. The lowest BCUT2D eigenvalue weighted by Crippen LogP contribution is -2.49. The monoisotopic (exact) mass is 440 g/mol. The van der Waals surface area contributed by atoms with Crippen molar-refractivity contribution in [3.63, 3.8) is 0 Å². The number of halogens is 1. The van der Waals surface area contributed by atoms with E-state index in [0.717, 1.165) is 45.0 Å². The topological polar surface area (TPSA) is 66.0 Å². The van der Waals surface area contributed by atoms with Crippen LogP contribution in [0.5, 0.6) is 0 Å². The fourth-order valence-corrected chi connectivity index (χ4v) is 2.53. The van der Waals surface area contributed by atoms with Gasteiger partial charge in [-0.05, 0) is 40.5 Å². The summed E-state index contributed by atoms with van der Waals surface area (Å²) in [5.41, 5.74) is 0.128. The molecule has 0 aromatic carbocycles. The van der Waals surface area contributed by atoms with E-state index in [2.05, 4.69) is 41.3 Å². The van der Waals surface area contributed by atoms with E-state index in [4.69, 9.17) is 4.74 Å². The van der Waals surface area contributed by atoms with Gasteiger partial charge in [-0.2, -0.15) is 0 Å². The van der Waals surface area contributed by atoms with E-state index in [-0.39, 0.29) is 41.4 Å². The van der Waals surface area contributed by atoms with Gasteiger partial charge in [0.1, 0.15) is 0 Å². The quantitative estimate of drug-likeness (QED) is 0.225. The number of esters is 1. The van der Waals surface area contributed by atoms with Crippen LogP contribution in [-0.2, 0) is 9.53 Å². The predicted molar refractivity (Wildman–Crippen MR) is 105 cm³/mol. The molecule has 0 saturated carbocycles. The van der Waals surface area contributed by atoms with Gasteiger partial charge in [0.25, 0.3) is 0 Å². The minimum atomic E-state index is -0.0560. The maximum absolute atomic E-state index is 11.8. The molecule has 1 saturated heterocycles. The van der Waals surface area contributed by atoms with E-state index in [9.17, 15) is 4.79 Å². The van der Waals surface area contributed by atoms with Crippen LogP contribution in [0, 0.1) is 5.92 Å². The van der Waals surface area contributed by atoms with Crippen molar-refractivity contribution < 1.29 is 9.53 Å². The van der Waals surface area contributed by atoms with Gasteiger partial charge in [-0.25, -0.2) is 0 Å². The molecule has 1 rings (SSSR count). The minimum absolute atomic E-state index is 0. The Morgan fingerprint density at radius 3 is 2.35 bits per heavy atom. The van der Waals surface area contributed by atoms with Crippen LogP contribution in [0.2, 0.25) is 0 Å². The predicted octanol–water partition coefficient (Wildman–Crippen LogP) is 1.84. The number of piperidine rings is 1. The second-order valence-corrected chi connectivity index (χ2v) is 6.66. The maximum atomic E-state index is 11.8. The number of nitrogens with zero attached hydrogens (tertiary/aromatic N) is 2. The van der Waals surface area contributed by atoms with Crippen LogP contribution in [0.25, 0.3) is 0 Å². The van der Waals surface area contributed by atoms with Gasteiger partial charge in [-0.3, -0.25) is 9.79 Å². The van der Waals surface area contributed by atoms with Gasteiger partial charge in [-0.15, -0.1) is 24.0 Å². The smallest absolute Gasteiger partial charge is 0.309 e. The molecule has 0 aromatic heterocycles. The van der Waals surface area contributed by atoms with Crippen molar-refractivity contribution in [3.8, 4) is 0 Å². The molecule has 0 aliphatic carbocycles. The zero-order valence-electron chi connectivity index (χ0n) is 15.1. The van der Waals surface area contributed by atoms with Gasteiger partial charge >= 0.3 is 5.97 Å². The molecule has 0 atom stereocenters. The summed E-state index contributed by atoms with van der Waals surface area (Å²) in [5, 5.41) is 6.82. The number of carbonyl (C=O) groups is 1. The third-order valence-electron chi connectivity index (χ3n) is 3.69. The molecular formula is C16H33IN4O2. The summed E-state index contributed by atoms with van der Waals surface area (Å²) in [6, 6.07) is 0. The minimum Gasteiger partial charge on any atom is -0.466 e. The SMILES string of the molecule is CCOC(=O)C1CCN(C(=NC)NCCNC(C)(C)C)CC1.I. The van der Waals surface area contributed by atoms with Crippen LogP contribution in [0.3, 0.4) is 0 Å². The second kappa shape index (κ2) is 11.1. The highest BCUT2D eigenvalue weighted by atomic mass is 127. The van der Waals surface area contributed by atoms with Gasteiger partial charge in [-0.1, -0.05) is 0 Å². The van der Waals surface area contributed by atoms with E-state index in [1.54, 1.807) is 7.05 Å². The zero-order chi connectivity index (χ0) is 16.6. The first-order chi connectivity index (χ1) is 10.4. The van der Waals surface area contributed by atoms with Crippen molar-refractivity contribution >= 4 is 35.9 Å². The molecular weight excluding hydrogens is 407 g/mol. The summed E-state index contributed by atoms with van der Waals surface area (Å²) < 4.78 is 5.10. The maximum Gasteiger partial charge on any atom is 0.309 e. The van der Waals surface area contributed by atoms with Gasteiger partial charge in [0.05, 0.1) is 12.5 Å². The molecule has 0 amide bonds. The van der Waals surface area contributed by atoms with Crippen molar-refractivity contribution in [2.75, 3.05) is 39.8 Å². The van der Waals surface area contributed by atoms with E-state index in [1.807, 2.05) is 6.92 Å². The lowest BCUT2D eigenvalue weighted by atomic mass is 9.97. The first-order valence-electron chi connectivity index (χ1n) is 8.24. The number of rotatable bonds is 5. The molecule has 0 radical (unpaired) electrons. The Kier molecular flexibility index (Phi) is 10.8. The highest BCUT2D eigenvalue weighted by Gasteiger charge is 2.27. The van der Waals surface area contributed by atoms with Crippen LogP contribution in [0.4, 0.5) is 0 Å². The van der Waals surface area contributed by atoms with Gasteiger partial charge in [0.2, 0.25) is 0 Å². The first kappa shape index (κ1) is 22.4. The van der Waals surface area contributed by atoms with Crippen LogP contribution in [0.1, 0.15) is 40.5 Å². The molecule has 2 N–H and O–H groups in total. The largest absolute Gasteiger partial charge is 0.466 e. The highest BCUT2D eigenvalue weighted by Crippen LogP contribution is 2.18. The summed E-state index contributed by atoms with van der Waals surface area (Å²) in [4.78, 5) is 18.3. The normalized spacial score (nSPS) is 16.7. The van der Waals surface area contributed by atoms with Crippen molar-refractivity contribution in [1.29, 1.82) is 0 Å². The van der Waals surface area contributed by atoms with E-state index in [1.165, 1.54) is 0 Å². The highest BCUT2D eigenvalue weighted by molar-refractivity contribution is 14.0. The molecule has 0 aromatic rings. The molecule has 1 aliphatic heterocycles. The third-order valence-corrected chi connectivity index (χ3v) is 3.69. The summed E-state index contributed by atoms with van der Waals surface area (Å²) in [6.45, 7) is 12.2. The summed E-state index contributed by atoms with van der Waals surface area (Å²) in [5.74, 6) is 0.898. The number of carbonyl (C=O) groups excluding carboxylic acids is 1. The number of hydrogen-bond donors (Lipinski definition) is 2. The van der Waals surface area contributed by atoms with Crippen LogP contribution >= 0.6 is 24.0 Å². The van der Waals surface area contributed by atoms with Crippen LogP contribution < -0.4 is 10.6 Å². The van der Waals surface area contributed by atoms with E-state index < -0.39 is 0 Å². The zero-order valence-corrected chi connectivity index (χ0v) is 17.5. The van der Waals surface area contributed by atoms with E-state index >= 15 is 0 Å². The Hall–Kier alpha value is -0.570. The molecule has 1 aliphatic rings. The molecule has 7 heteroatoms. The third kappa shape index (κ3) is 8.74. The van der Waals surface area contributed by atoms with Crippen molar-refractivity contribution in [1.82, 2.24) is 15.5 Å². The average molecular weight is 440 g/mol. The van der Waals surface area contributed by atoms with Gasteiger partial charge < -0.3 is 20.3 Å². The average Bonchev–Trinajstić information content (AvgIpc) is 2.47. The molecule has 0 unspecified atom stereocenters. The molecule has 1 heterocycles. The molecule has 23 heavy (non-hydrogen) atoms. The fourth-order valence-electron chi connectivity index (χ4n) is 2.53. The fraction of sp³-hybridized carbons (Fsp3) is 0.875. The van der Waals surface area contributed by atoms with Crippen molar-refractivity contribution in [3.05, 3.63) is 0 Å². The molecule has 0 spiro atoms. The number of likely N-dealkylation sites (tertiary alicyclic amines) is 1. The van der Waals surface area contributed by atoms with Crippen LogP contribution in [-0.4, -0.2) is 62.2 Å². The van der Waals surface area contributed by atoms with Gasteiger partial charge in [0.15, 0.2) is 5.96 Å². The standard InChI is InChI=1S/C16H32N4O2.HI/c1-6-22-14(21)13-7-11-20(12-8-13)15(17-5)18-9-10-19-16(2,3)4;/h13,19H,6-12H2,1-5H3,(H,17,18);1H. The Labute approximate surface area is 157 Å². The number of ether oxygens (including phenoxy) is 1. The summed E-state index contributed by atoms with van der Waals surface area (Å²) in [6.07, 6.45) is 1.67. The number of guanidine groups is 1. The molecule has 0 bridgehead atoms. The number of hydrogen-bond acceptors (Lipinski definition) is 4. The molecule has 6 nitrogen and oxygen atoms in total. The Bertz CT molecular complexity index is 375. The molecule has 1 fully saturated rings. The lowest BCUT2D eigenvalue weighted by Gasteiger charge is -2.33. The van der Waals surface area contributed by atoms with Crippen LogP contribution in [0.15, 0.2) is 4.99 Å². The lowest BCUT2D eigenvalue weighted by molar-refractivity contribution is -0.149. The number of nitrogens with one attached hydrogen (secondary N) is 2. The first-order valence-corrected chi connectivity index (χ1v) is 8.24. The van der Waals surface area contributed by atoms with Gasteiger partial charge in [0, 0.05) is 38.8 Å². The summed E-state index contributed by atoms with van der Waals surface area (Å²) in [7, 11) is 1.80. The number of aliphatic imine (C=N–C) groups is 1. The Morgan fingerprint density at radius 2 is 1.87 bits per heavy atom. The summed E-state index contributed by atoms with van der Waals surface area (Å²) >= 11 is 0. The van der Waals surface area contributed by atoms with E-state index in [0.29, 0.717) is 6.61 Å². The second-order valence-electron chi connectivity index (χ2n) is 6.66. The molecule has 136 valence electrons. The Balaban J connectivity index is 0.00000484. The van der Waals surface area contributed by atoms with Crippen molar-refractivity contribution in [2.24, 2.45) is 10.9 Å². The van der Waals surface area contributed by atoms with Crippen molar-refractivity contribution in [2.45, 2.75) is 46.1 Å².